The molecular formula is C20H23ClF3N5O. The van der Waals surface area contributed by atoms with Gasteiger partial charge in [0.05, 0.1) is 23.6 Å². The molecule has 0 saturated carbocycles. The minimum absolute atomic E-state index is 0.0930. The normalized spacial score (nSPS) is 17.2. The van der Waals surface area contributed by atoms with Gasteiger partial charge in [0.25, 0.3) is 0 Å². The summed E-state index contributed by atoms with van der Waals surface area (Å²) in [6, 6.07) is 1.15. The van der Waals surface area contributed by atoms with Gasteiger partial charge in [-0.25, -0.2) is 13.2 Å². The highest BCUT2D eigenvalue weighted by Crippen LogP contribution is 2.38. The molecule has 2 unspecified atom stereocenters. The third-order valence-corrected chi connectivity index (χ3v) is 5.40. The Balaban J connectivity index is 2.05. The summed E-state index contributed by atoms with van der Waals surface area (Å²) in [5.41, 5.74) is 2.02. The Labute approximate surface area is 177 Å². The van der Waals surface area contributed by atoms with Crippen LogP contribution in [0.2, 0.25) is 5.15 Å². The van der Waals surface area contributed by atoms with E-state index < -0.39 is 23.0 Å². The van der Waals surface area contributed by atoms with Crippen molar-refractivity contribution in [1.29, 1.82) is 0 Å². The third-order valence-electron chi connectivity index (χ3n) is 5.13. The number of halogens is 4. The van der Waals surface area contributed by atoms with E-state index in [4.69, 9.17) is 11.6 Å². The largest absolute Gasteiger partial charge is 0.369 e. The second-order valence-electron chi connectivity index (χ2n) is 7.50. The monoisotopic (exact) mass is 441 g/mol. The highest BCUT2D eigenvalue weighted by Gasteiger charge is 2.30. The summed E-state index contributed by atoms with van der Waals surface area (Å²) in [4.78, 5) is 20.3. The van der Waals surface area contributed by atoms with E-state index in [2.05, 4.69) is 34.6 Å². The number of nitrogens with zero attached hydrogens (tertiary/aromatic N) is 3. The number of carbonyl (C=O) groups is 1. The number of anilines is 2. The van der Waals surface area contributed by atoms with Gasteiger partial charge in [0.15, 0.2) is 0 Å². The van der Waals surface area contributed by atoms with Crippen molar-refractivity contribution in [3.8, 4) is 11.1 Å². The molecule has 1 saturated heterocycles. The van der Waals surface area contributed by atoms with Crippen LogP contribution in [0.4, 0.5) is 24.9 Å². The Morgan fingerprint density at radius 3 is 2.50 bits per heavy atom. The molecule has 1 aromatic heterocycles. The van der Waals surface area contributed by atoms with Crippen LogP contribution in [0.25, 0.3) is 11.1 Å². The number of benzene rings is 1. The van der Waals surface area contributed by atoms with E-state index in [0.29, 0.717) is 31.1 Å². The van der Waals surface area contributed by atoms with E-state index in [9.17, 15) is 18.0 Å². The van der Waals surface area contributed by atoms with E-state index in [0.717, 1.165) is 12.8 Å². The maximum Gasteiger partial charge on any atom is 0.247 e. The van der Waals surface area contributed by atoms with Crippen LogP contribution in [0.3, 0.4) is 0 Å². The predicted octanol–water partition coefficient (Wildman–Crippen LogP) is 4.55. The van der Waals surface area contributed by atoms with E-state index in [1.807, 2.05) is 0 Å². The summed E-state index contributed by atoms with van der Waals surface area (Å²) in [7, 11) is 0. The van der Waals surface area contributed by atoms with E-state index in [-0.39, 0.29) is 34.3 Å². The summed E-state index contributed by atoms with van der Waals surface area (Å²) in [6.07, 6.45) is 1.77. The quantitative estimate of drug-likeness (QED) is 0.617. The Kier molecular flexibility index (Phi) is 6.70. The van der Waals surface area contributed by atoms with Crippen LogP contribution in [-0.2, 0) is 4.79 Å². The van der Waals surface area contributed by atoms with Crippen LogP contribution in [0.1, 0.15) is 33.6 Å². The van der Waals surface area contributed by atoms with Gasteiger partial charge in [0, 0.05) is 18.7 Å². The Morgan fingerprint density at radius 1 is 1.27 bits per heavy atom. The number of rotatable bonds is 7. The maximum atomic E-state index is 14.5. The van der Waals surface area contributed by atoms with Gasteiger partial charge in [-0.05, 0) is 12.3 Å². The van der Waals surface area contributed by atoms with Crippen LogP contribution < -0.4 is 15.8 Å². The molecule has 0 aliphatic carbocycles. The van der Waals surface area contributed by atoms with Crippen LogP contribution in [0, 0.1) is 29.3 Å². The Hall–Kier alpha value is -2.55. The molecule has 0 bridgehead atoms. The van der Waals surface area contributed by atoms with Crippen molar-refractivity contribution >= 4 is 29.3 Å². The van der Waals surface area contributed by atoms with Gasteiger partial charge in [0.2, 0.25) is 11.9 Å². The average molecular weight is 442 g/mol. The number of hydrogen-bond donors (Lipinski definition) is 2. The number of nitrogens with one attached hydrogen (secondary N) is 2. The Morgan fingerprint density at radius 2 is 1.93 bits per heavy atom. The van der Waals surface area contributed by atoms with E-state index in [1.165, 1.54) is 5.01 Å². The van der Waals surface area contributed by atoms with Gasteiger partial charge >= 0.3 is 0 Å². The zero-order valence-corrected chi connectivity index (χ0v) is 17.7. The first-order valence-electron chi connectivity index (χ1n) is 9.75. The molecule has 0 radical (unpaired) electrons. The zero-order valence-electron chi connectivity index (χ0n) is 16.9. The van der Waals surface area contributed by atoms with Crippen LogP contribution >= 0.6 is 11.6 Å². The molecule has 162 valence electrons. The van der Waals surface area contributed by atoms with Gasteiger partial charge in [0.1, 0.15) is 28.4 Å². The molecular weight excluding hydrogens is 419 g/mol. The first-order chi connectivity index (χ1) is 14.2. The molecule has 2 heterocycles. The first-order valence-corrected chi connectivity index (χ1v) is 10.1. The van der Waals surface area contributed by atoms with Crippen molar-refractivity contribution in [2.75, 3.05) is 23.4 Å². The van der Waals surface area contributed by atoms with Gasteiger partial charge < -0.3 is 5.32 Å². The molecule has 2 N–H and O–H groups in total. The molecule has 1 aliphatic heterocycles. The lowest BCUT2D eigenvalue weighted by Crippen LogP contribution is -2.34. The topological polar surface area (TPSA) is 70.2 Å². The fraction of sp³-hybridized carbons (Fsp3) is 0.450. The van der Waals surface area contributed by atoms with Crippen LogP contribution in [0.5, 0.6) is 0 Å². The van der Waals surface area contributed by atoms with Crippen molar-refractivity contribution in [3.05, 3.63) is 34.7 Å². The summed E-state index contributed by atoms with van der Waals surface area (Å²) >= 11 is 6.32. The summed E-state index contributed by atoms with van der Waals surface area (Å²) < 4.78 is 42.3. The van der Waals surface area contributed by atoms with Crippen molar-refractivity contribution in [3.63, 3.8) is 0 Å². The molecule has 1 aromatic carbocycles. The fourth-order valence-electron chi connectivity index (χ4n) is 3.09. The maximum absolute atomic E-state index is 14.5. The fourth-order valence-corrected chi connectivity index (χ4v) is 3.35. The van der Waals surface area contributed by atoms with Gasteiger partial charge in [-0.1, -0.05) is 38.8 Å². The lowest BCUT2D eigenvalue weighted by molar-refractivity contribution is -0.121. The minimum Gasteiger partial charge on any atom is -0.369 e. The lowest BCUT2D eigenvalue weighted by atomic mass is 10.0. The molecule has 6 nitrogen and oxygen atoms in total. The van der Waals surface area contributed by atoms with Crippen molar-refractivity contribution < 1.29 is 18.0 Å². The van der Waals surface area contributed by atoms with E-state index in [1.54, 1.807) is 6.92 Å². The van der Waals surface area contributed by atoms with Crippen LogP contribution in [-0.4, -0.2) is 29.0 Å². The highest BCUT2D eigenvalue weighted by atomic mass is 35.5. The molecule has 30 heavy (non-hydrogen) atoms. The molecule has 2 atom stereocenters. The standard InChI is InChI=1S/C20H23ClF3N5O/c1-4-10(2)5-6-25-18-16(15-13(23)7-12(22)8-14(15)24)17(21)26-20(27-18)29-9-11(3)19(30)28-29/h7-8,10-11H,4-6,9H2,1-3H3,(H,28,30)(H,25,26,27). The van der Waals surface area contributed by atoms with Gasteiger partial charge in [-0.2, -0.15) is 9.97 Å². The van der Waals surface area contributed by atoms with Crippen molar-refractivity contribution in [2.45, 2.75) is 33.6 Å². The molecule has 1 fully saturated rings. The molecule has 3 rings (SSSR count). The number of hydrazine groups is 1. The predicted molar refractivity (Wildman–Crippen MR) is 110 cm³/mol. The summed E-state index contributed by atoms with van der Waals surface area (Å²) in [5, 5.41) is 4.28. The van der Waals surface area contributed by atoms with E-state index >= 15 is 0 Å². The third kappa shape index (κ3) is 4.61. The average Bonchev–Trinajstić information content (AvgIpc) is 3.01. The molecule has 2 aromatic rings. The lowest BCUT2D eigenvalue weighted by Gasteiger charge is -2.20. The molecule has 10 heteroatoms. The smallest absolute Gasteiger partial charge is 0.247 e. The zero-order chi connectivity index (χ0) is 22.0. The Bertz CT molecular complexity index is 935. The second-order valence-corrected chi connectivity index (χ2v) is 7.86. The van der Waals surface area contributed by atoms with Gasteiger partial charge in [-0.15, -0.1) is 0 Å². The molecule has 0 spiro atoms. The number of hydrogen-bond acceptors (Lipinski definition) is 5. The first kappa shape index (κ1) is 22.1. The minimum atomic E-state index is -1.11. The molecule has 1 aliphatic rings. The number of carbonyl (C=O) groups excluding carboxylic acids is 1. The summed E-state index contributed by atoms with van der Waals surface area (Å²) in [5.74, 6) is -3.11. The van der Waals surface area contributed by atoms with Gasteiger partial charge in [-0.3, -0.25) is 15.2 Å². The molecule has 1 amide bonds. The van der Waals surface area contributed by atoms with Crippen LogP contribution in [0.15, 0.2) is 12.1 Å². The summed E-state index contributed by atoms with van der Waals surface area (Å²) in [6.45, 7) is 6.69. The number of aromatic nitrogens is 2. The van der Waals surface area contributed by atoms with Crippen molar-refractivity contribution in [2.24, 2.45) is 11.8 Å². The second kappa shape index (κ2) is 9.07. The SMILES string of the molecule is CCC(C)CCNc1nc(N2CC(C)C(=O)N2)nc(Cl)c1-c1c(F)cc(F)cc1F. The van der Waals surface area contributed by atoms with Crippen molar-refractivity contribution in [1.82, 2.24) is 15.4 Å². The highest BCUT2D eigenvalue weighted by molar-refractivity contribution is 6.32. The number of amides is 1.